The molecule has 0 saturated heterocycles. The zero-order valence-corrected chi connectivity index (χ0v) is 24.0. The molecule has 0 aliphatic carbocycles. The largest absolute Gasteiger partial charge is 0.497 e. The van der Waals surface area contributed by atoms with Gasteiger partial charge in [0.15, 0.2) is 4.80 Å². The van der Waals surface area contributed by atoms with Crippen LogP contribution in [0.2, 0.25) is 5.02 Å². The highest BCUT2D eigenvalue weighted by Crippen LogP contribution is 2.37. The molecule has 6 rings (SSSR count). The number of halogens is 1. The molecule has 1 atom stereocenters. The maximum atomic E-state index is 14.2. The number of benzene rings is 3. The fraction of sp³-hybridized carbons (Fsp3) is 0.161. The summed E-state index contributed by atoms with van der Waals surface area (Å²) in [7, 11) is 2.86. The van der Waals surface area contributed by atoms with Gasteiger partial charge in [0.1, 0.15) is 10.3 Å². The lowest BCUT2D eigenvalue weighted by atomic mass is 9.96. The van der Waals surface area contributed by atoms with Gasteiger partial charge in [0.05, 0.1) is 49.3 Å². The molecule has 41 heavy (non-hydrogen) atoms. The number of hydrogen-bond acceptors (Lipinski definition) is 7. The van der Waals surface area contributed by atoms with Crippen LogP contribution < -0.4 is 24.5 Å². The number of amides is 1. The van der Waals surface area contributed by atoms with Gasteiger partial charge in [-0.05, 0) is 42.3 Å². The molecular formula is C31H24ClN3O5S. The molecule has 0 fully saturated rings. The van der Waals surface area contributed by atoms with Crippen molar-refractivity contribution in [2.24, 2.45) is 4.99 Å². The SMILES string of the molecule is COC(=O)C1=C(C)N=c2s/c(=C3\C(=O)N(Cc4ccccc4Cl)c4ccccc43)c(=O)n2C1c1ccc(OC)cc1. The van der Waals surface area contributed by atoms with Crippen molar-refractivity contribution < 1.29 is 19.1 Å². The molecule has 1 amide bonds. The number of aromatic nitrogens is 1. The van der Waals surface area contributed by atoms with Gasteiger partial charge in [-0.25, -0.2) is 9.79 Å². The molecule has 10 heteroatoms. The van der Waals surface area contributed by atoms with Crippen LogP contribution in [0.3, 0.4) is 0 Å². The first-order valence-electron chi connectivity index (χ1n) is 12.8. The molecular weight excluding hydrogens is 562 g/mol. The van der Waals surface area contributed by atoms with Crippen molar-refractivity contribution in [3.05, 3.63) is 125 Å². The van der Waals surface area contributed by atoms with Crippen LogP contribution in [0, 0.1) is 0 Å². The van der Waals surface area contributed by atoms with Gasteiger partial charge in [-0.1, -0.05) is 71.5 Å². The molecule has 2 aliphatic heterocycles. The number of hydrogen-bond donors (Lipinski definition) is 0. The van der Waals surface area contributed by atoms with E-state index >= 15 is 0 Å². The zero-order valence-electron chi connectivity index (χ0n) is 22.4. The van der Waals surface area contributed by atoms with E-state index in [9.17, 15) is 14.4 Å². The lowest BCUT2D eigenvalue weighted by Crippen LogP contribution is -2.40. The Kier molecular flexibility index (Phi) is 6.84. The summed E-state index contributed by atoms with van der Waals surface area (Å²) in [4.78, 5) is 47.9. The van der Waals surface area contributed by atoms with Gasteiger partial charge >= 0.3 is 5.97 Å². The second-order valence-electron chi connectivity index (χ2n) is 9.54. The van der Waals surface area contributed by atoms with Crippen molar-refractivity contribution in [1.29, 1.82) is 0 Å². The molecule has 0 bridgehead atoms. The summed E-state index contributed by atoms with van der Waals surface area (Å²) in [6.45, 7) is 1.96. The van der Waals surface area contributed by atoms with Crippen LogP contribution in [0.15, 0.2) is 93.9 Å². The number of ether oxygens (including phenoxy) is 2. The maximum Gasteiger partial charge on any atom is 0.338 e. The number of anilines is 1. The number of nitrogens with zero attached hydrogens (tertiary/aromatic N) is 3. The monoisotopic (exact) mass is 585 g/mol. The third-order valence-corrected chi connectivity index (χ3v) is 8.69. The molecule has 0 N–H and O–H groups in total. The lowest BCUT2D eigenvalue weighted by Gasteiger charge is -2.24. The summed E-state index contributed by atoms with van der Waals surface area (Å²) in [5, 5.41) is 0.552. The van der Waals surface area contributed by atoms with E-state index in [2.05, 4.69) is 4.99 Å². The van der Waals surface area contributed by atoms with Crippen LogP contribution in [0.1, 0.15) is 29.7 Å². The number of esters is 1. The van der Waals surface area contributed by atoms with Gasteiger partial charge < -0.3 is 14.4 Å². The van der Waals surface area contributed by atoms with E-state index < -0.39 is 17.6 Å². The van der Waals surface area contributed by atoms with Gasteiger partial charge in [0.25, 0.3) is 11.5 Å². The summed E-state index contributed by atoms with van der Waals surface area (Å²) in [5.74, 6) is -0.255. The zero-order chi connectivity index (χ0) is 28.8. The van der Waals surface area contributed by atoms with Crippen LogP contribution in [-0.4, -0.2) is 30.7 Å². The molecule has 4 aromatic rings. The molecule has 206 valence electrons. The molecule has 3 heterocycles. The topological polar surface area (TPSA) is 90.2 Å². The third-order valence-electron chi connectivity index (χ3n) is 7.27. The first-order chi connectivity index (χ1) is 19.8. The average molecular weight is 586 g/mol. The summed E-state index contributed by atoms with van der Waals surface area (Å²) < 4.78 is 12.1. The van der Waals surface area contributed by atoms with Gasteiger partial charge in [-0.2, -0.15) is 0 Å². The Morgan fingerprint density at radius 1 is 1.00 bits per heavy atom. The summed E-state index contributed by atoms with van der Waals surface area (Å²) in [5.41, 5.74) is 3.38. The molecule has 3 aromatic carbocycles. The smallest absolute Gasteiger partial charge is 0.338 e. The normalized spacial score (nSPS) is 17.2. The van der Waals surface area contributed by atoms with Crippen molar-refractivity contribution >= 4 is 46.1 Å². The number of allylic oxidation sites excluding steroid dienone is 1. The Morgan fingerprint density at radius 3 is 2.41 bits per heavy atom. The van der Waals surface area contributed by atoms with Crippen molar-refractivity contribution in [2.45, 2.75) is 19.5 Å². The average Bonchev–Trinajstić information content (AvgIpc) is 3.45. The Labute approximate surface area is 244 Å². The van der Waals surface area contributed by atoms with E-state index in [0.717, 1.165) is 16.9 Å². The quantitative estimate of drug-likeness (QED) is 0.331. The number of para-hydroxylation sites is 1. The maximum absolute atomic E-state index is 14.2. The first-order valence-corrected chi connectivity index (χ1v) is 14.0. The molecule has 0 saturated carbocycles. The van der Waals surface area contributed by atoms with Crippen molar-refractivity contribution in [2.75, 3.05) is 19.1 Å². The van der Waals surface area contributed by atoms with Gasteiger partial charge in [0.2, 0.25) is 0 Å². The molecule has 0 radical (unpaired) electrons. The third kappa shape index (κ3) is 4.38. The Morgan fingerprint density at radius 2 is 1.71 bits per heavy atom. The second kappa shape index (κ2) is 10.5. The number of fused-ring (bicyclic) bond motifs is 2. The van der Waals surface area contributed by atoms with Gasteiger partial charge in [-0.15, -0.1) is 0 Å². The van der Waals surface area contributed by atoms with E-state index in [4.69, 9.17) is 21.1 Å². The first kappa shape index (κ1) is 26.7. The van der Waals surface area contributed by atoms with Crippen LogP contribution in [0.5, 0.6) is 5.75 Å². The van der Waals surface area contributed by atoms with E-state index in [-0.39, 0.29) is 22.6 Å². The van der Waals surface area contributed by atoms with E-state index in [0.29, 0.717) is 43.7 Å². The molecule has 0 spiro atoms. The van der Waals surface area contributed by atoms with Crippen LogP contribution in [0.4, 0.5) is 5.69 Å². The summed E-state index contributed by atoms with van der Waals surface area (Å²) in [6.07, 6.45) is 0. The van der Waals surface area contributed by atoms with Crippen molar-refractivity contribution in [1.82, 2.24) is 4.57 Å². The number of thiazole rings is 1. The number of carbonyl (C=O) groups is 2. The fourth-order valence-electron chi connectivity index (χ4n) is 5.30. The standard InChI is InChI=1S/C31H24ClN3O5S/c1-17-24(30(38)40-3)26(18-12-14-20(39-2)15-13-18)35-29(37)27(41-31(35)33-17)25-21-9-5-7-11-23(21)34(28(25)36)16-19-8-4-6-10-22(19)32/h4-15,26H,16H2,1-3H3/b27-25-. The highest BCUT2D eigenvalue weighted by Gasteiger charge is 2.37. The highest BCUT2D eigenvalue weighted by molar-refractivity contribution is 7.07. The van der Waals surface area contributed by atoms with Gasteiger partial charge in [0, 0.05) is 10.6 Å². The van der Waals surface area contributed by atoms with E-state index in [1.165, 1.54) is 11.7 Å². The summed E-state index contributed by atoms with van der Waals surface area (Å²) >= 11 is 7.56. The molecule has 2 aliphatic rings. The number of rotatable bonds is 5. The molecule has 8 nitrogen and oxygen atoms in total. The number of methoxy groups -OCH3 is 2. The predicted molar refractivity (Wildman–Crippen MR) is 157 cm³/mol. The van der Waals surface area contributed by atoms with E-state index in [1.807, 2.05) is 42.5 Å². The number of carbonyl (C=O) groups excluding carboxylic acids is 2. The highest BCUT2D eigenvalue weighted by atomic mass is 35.5. The van der Waals surface area contributed by atoms with E-state index in [1.54, 1.807) is 49.3 Å². The Balaban J connectivity index is 1.58. The van der Waals surface area contributed by atoms with Crippen molar-refractivity contribution in [3.63, 3.8) is 0 Å². The minimum atomic E-state index is -0.801. The minimum absolute atomic E-state index is 0.247. The van der Waals surface area contributed by atoms with Crippen molar-refractivity contribution in [3.8, 4) is 5.75 Å². The lowest BCUT2D eigenvalue weighted by molar-refractivity contribution is -0.136. The van der Waals surface area contributed by atoms with Crippen LogP contribution in [0.25, 0.3) is 5.57 Å². The fourth-order valence-corrected chi connectivity index (χ4v) is 6.63. The second-order valence-corrected chi connectivity index (χ2v) is 10.9. The van der Waals surface area contributed by atoms with Gasteiger partial charge in [-0.3, -0.25) is 14.2 Å². The molecule has 1 unspecified atom stereocenters. The Bertz CT molecular complexity index is 1940. The minimum Gasteiger partial charge on any atom is -0.497 e. The van der Waals surface area contributed by atoms with Crippen LogP contribution >= 0.6 is 22.9 Å². The summed E-state index contributed by atoms with van der Waals surface area (Å²) in [6, 6.07) is 21.1. The van der Waals surface area contributed by atoms with Crippen LogP contribution in [-0.2, 0) is 20.9 Å². The Hall–Kier alpha value is -4.47. The molecule has 1 aromatic heterocycles. The predicted octanol–water partition coefficient (Wildman–Crippen LogP) is 3.99.